The highest BCUT2D eigenvalue weighted by atomic mass is 16.5. The van der Waals surface area contributed by atoms with E-state index in [1.165, 1.54) is 43.4 Å². The fourth-order valence-corrected chi connectivity index (χ4v) is 9.28. The molecular formula is C27H34N4O4. The largest absolute Gasteiger partial charge is 0.474 e. The number of hydrogen-bond acceptors (Lipinski definition) is 5. The van der Waals surface area contributed by atoms with Crippen molar-refractivity contribution >= 4 is 17.8 Å². The number of amides is 4. The molecule has 186 valence electrons. The number of nitrogens with zero attached hydrogens (tertiary/aromatic N) is 2. The van der Waals surface area contributed by atoms with Crippen LogP contribution >= 0.6 is 0 Å². The van der Waals surface area contributed by atoms with Crippen molar-refractivity contribution in [1.82, 2.24) is 15.2 Å². The molecule has 7 aliphatic rings. The minimum Gasteiger partial charge on any atom is -0.474 e. The predicted octanol–water partition coefficient (Wildman–Crippen LogP) is 3.40. The van der Waals surface area contributed by atoms with Crippen molar-refractivity contribution in [3.63, 3.8) is 0 Å². The molecule has 2 heterocycles. The number of nitrogens with one attached hydrogen (secondary N) is 1. The van der Waals surface area contributed by atoms with Gasteiger partial charge in [-0.25, -0.2) is 9.78 Å². The molecule has 6 saturated carbocycles. The molecule has 0 aromatic carbocycles. The number of rotatable bonds is 6. The molecule has 8 rings (SSSR count). The summed E-state index contributed by atoms with van der Waals surface area (Å²) < 4.78 is 5.96. The highest BCUT2D eigenvalue weighted by Gasteiger charge is 2.60. The lowest BCUT2D eigenvalue weighted by atomic mass is 9.48. The molecule has 1 spiro atoms. The lowest BCUT2D eigenvalue weighted by Crippen LogP contribution is -2.60. The van der Waals surface area contributed by atoms with Crippen LogP contribution in [0.15, 0.2) is 18.3 Å². The van der Waals surface area contributed by atoms with Gasteiger partial charge in [0, 0.05) is 12.2 Å². The molecular weight excluding hydrogens is 444 g/mol. The molecule has 1 atom stereocenters. The second-order valence-corrected chi connectivity index (χ2v) is 12.8. The average molecular weight is 479 g/mol. The molecule has 35 heavy (non-hydrogen) atoms. The van der Waals surface area contributed by atoms with Gasteiger partial charge in [0.2, 0.25) is 5.88 Å². The first-order valence-corrected chi connectivity index (χ1v) is 13.4. The molecule has 7 fully saturated rings. The van der Waals surface area contributed by atoms with E-state index >= 15 is 0 Å². The first kappa shape index (κ1) is 21.6. The van der Waals surface area contributed by atoms with Gasteiger partial charge in [0.1, 0.15) is 17.7 Å². The summed E-state index contributed by atoms with van der Waals surface area (Å²) in [6, 6.07) is 2.73. The molecule has 1 aromatic rings. The van der Waals surface area contributed by atoms with Gasteiger partial charge in [0.05, 0.1) is 0 Å². The number of imide groups is 1. The molecule has 1 saturated heterocycles. The second-order valence-electron chi connectivity index (χ2n) is 12.8. The van der Waals surface area contributed by atoms with Crippen LogP contribution in [-0.4, -0.2) is 45.9 Å². The summed E-state index contributed by atoms with van der Waals surface area (Å²) in [7, 11) is 0. The molecule has 1 aromatic heterocycles. The first-order chi connectivity index (χ1) is 16.8. The van der Waals surface area contributed by atoms with Crippen molar-refractivity contribution in [3.8, 4) is 5.88 Å². The minimum absolute atomic E-state index is 0.00250. The molecule has 8 heteroatoms. The van der Waals surface area contributed by atoms with Crippen molar-refractivity contribution in [3.05, 3.63) is 23.9 Å². The topological polar surface area (TPSA) is 115 Å². The third kappa shape index (κ3) is 3.46. The Kier molecular flexibility index (Phi) is 4.59. The van der Waals surface area contributed by atoms with Crippen LogP contribution < -0.4 is 15.8 Å². The number of carbonyl (C=O) groups excluding carboxylic acids is 3. The van der Waals surface area contributed by atoms with Gasteiger partial charge in [-0.05, 0) is 111 Å². The summed E-state index contributed by atoms with van der Waals surface area (Å²) >= 11 is 0. The maximum Gasteiger partial charge on any atom is 0.325 e. The standard InChI is InChI=1S/C27H34N4O4/c28-22(32)20-2-1-3-29-23(20)35-19-12-27(13-19)10-18(11-27)31-24(33)21(30-25(31)34)14-26-7-15-4-16(8-26)6-17(5-15)9-26/h1-3,15-19,21H,4-14H2,(H2,28,32)(H,30,34)/t15?,16?,17?,18?,19?,21-,26?,27?/m1/s1. The Morgan fingerprint density at radius 3 is 2.34 bits per heavy atom. The summed E-state index contributed by atoms with van der Waals surface area (Å²) in [6.07, 6.45) is 13.7. The van der Waals surface area contributed by atoms with E-state index in [0.717, 1.165) is 49.9 Å². The molecule has 3 N–H and O–H groups in total. The third-order valence-electron chi connectivity index (χ3n) is 10.2. The Bertz CT molecular complexity index is 1050. The first-order valence-electron chi connectivity index (χ1n) is 13.4. The fourth-order valence-electron chi connectivity index (χ4n) is 9.28. The number of urea groups is 1. The average Bonchev–Trinajstić information content (AvgIpc) is 3.00. The van der Waals surface area contributed by atoms with E-state index < -0.39 is 5.91 Å². The number of carbonyl (C=O) groups is 3. The lowest BCUT2D eigenvalue weighted by Gasteiger charge is -2.58. The Balaban J connectivity index is 0.951. The number of aromatic nitrogens is 1. The van der Waals surface area contributed by atoms with Crippen molar-refractivity contribution < 1.29 is 19.1 Å². The number of ether oxygens (including phenoxy) is 1. The molecule has 1 aliphatic heterocycles. The fraction of sp³-hybridized carbons (Fsp3) is 0.704. The maximum atomic E-state index is 13.4. The van der Waals surface area contributed by atoms with Crippen molar-refractivity contribution in [2.24, 2.45) is 34.3 Å². The number of hydrogen-bond donors (Lipinski definition) is 2. The van der Waals surface area contributed by atoms with Gasteiger partial charge in [0.15, 0.2) is 0 Å². The van der Waals surface area contributed by atoms with Crippen LogP contribution in [0, 0.1) is 28.6 Å². The molecule has 4 amide bonds. The Labute approximate surface area is 205 Å². The van der Waals surface area contributed by atoms with Gasteiger partial charge in [0.25, 0.3) is 11.8 Å². The number of primary amides is 1. The highest BCUT2D eigenvalue weighted by molar-refractivity contribution is 6.04. The smallest absolute Gasteiger partial charge is 0.325 e. The van der Waals surface area contributed by atoms with E-state index in [9.17, 15) is 14.4 Å². The normalized spacial score (nSPS) is 43.1. The van der Waals surface area contributed by atoms with Crippen LogP contribution in [0.3, 0.4) is 0 Å². The quantitative estimate of drug-likeness (QED) is 0.608. The van der Waals surface area contributed by atoms with E-state index in [4.69, 9.17) is 10.5 Å². The van der Waals surface area contributed by atoms with Crippen molar-refractivity contribution in [2.45, 2.75) is 88.8 Å². The van der Waals surface area contributed by atoms with E-state index in [2.05, 4.69) is 10.3 Å². The van der Waals surface area contributed by atoms with Crippen LogP contribution in [0.5, 0.6) is 5.88 Å². The Morgan fingerprint density at radius 2 is 1.71 bits per heavy atom. The zero-order valence-electron chi connectivity index (χ0n) is 20.1. The zero-order chi connectivity index (χ0) is 23.9. The van der Waals surface area contributed by atoms with Crippen LogP contribution in [0.4, 0.5) is 4.79 Å². The molecule has 6 aliphatic carbocycles. The highest BCUT2D eigenvalue weighted by Crippen LogP contribution is 2.62. The Morgan fingerprint density at radius 1 is 1.06 bits per heavy atom. The van der Waals surface area contributed by atoms with E-state index in [1.807, 2.05) is 0 Å². The van der Waals surface area contributed by atoms with E-state index in [1.54, 1.807) is 18.3 Å². The lowest BCUT2D eigenvalue weighted by molar-refractivity contribution is -0.142. The van der Waals surface area contributed by atoms with Gasteiger partial charge in [-0.3, -0.25) is 14.5 Å². The van der Waals surface area contributed by atoms with E-state index in [0.29, 0.717) is 5.56 Å². The van der Waals surface area contributed by atoms with Crippen LogP contribution in [0.2, 0.25) is 0 Å². The van der Waals surface area contributed by atoms with Crippen molar-refractivity contribution in [2.75, 3.05) is 0 Å². The summed E-state index contributed by atoms with van der Waals surface area (Å²) in [5, 5.41) is 3.06. The predicted molar refractivity (Wildman–Crippen MR) is 126 cm³/mol. The minimum atomic E-state index is -0.549. The molecule has 4 bridgehead atoms. The summed E-state index contributed by atoms with van der Waals surface area (Å²) in [5.41, 5.74) is 6.11. The number of nitrogens with two attached hydrogens (primary N) is 1. The maximum absolute atomic E-state index is 13.4. The van der Waals surface area contributed by atoms with Gasteiger partial charge in [-0.15, -0.1) is 0 Å². The zero-order valence-corrected chi connectivity index (χ0v) is 20.1. The van der Waals surface area contributed by atoms with Gasteiger partial charge in [-0.2, -0.15) is 0 Å². The van der Waals surface area contributed by atoms with Crippen LogP contribution in [0.1, 0.15) is 81.0 Å². The SMILES string of the molecule is NC(=O)c1cccnc1OC1CC2(C1)CC(N1C(=O)N[C@H](CC34CC5CC(CC(C5)C3)C4)C1=O)C2. The second kappa shape index (κ2) is 7.43. The van der Waals surface area contributed by atoms with Crippen LogP contribution in [0.25, 0.3) is 0 Å². The Hall–Kier alpha value is -2.64. The summed E-state index contributed by atoms with van der Waals surface area (Å²) in [4.78, 5) is 43.5. The van der Waals surface area contributed by atoms with Gasteiger partial charge < -0.3 is 15.8 Å². The van der Waals surface area contributed by atoms with Gasteiger partial charge in [-0.1, -0.05) is 0 Å². The van der Waals surface area contributed by atoms with E-state index in [-0.39, 0.29) is 46.8 Å². The monoisotopic (exact) mass is 478 g/mol. The van der Waals surface area contributed by atoms with Crippen LogP contribution in [-0.2, 0) is 4.79 Å². The summed E-state index contributed by atoms with van der Waals surface area (Å²) in [5.74, 6) is 2.27. The molecule has 0 radical (unpaired) electrons. The van der Waals surface area contributed by atoms with Gasteiger partial charge >= 0.3 is 6.03 Å². The summed E-state index contributed by atoms with van der Waals surface area (Å²) in [6.45, 7) is 0. The third-order valence-corrected chi connectivity index (χ3v) is 10.2. The number of pyridine rings is 1. The van der Waals surface area contributed by atoms with Crippen molar-refractivity contribution in [1.29, 1.82) is 0 Å². The molecule has 0 unspecified atom stereocenters. The molecule has 8 nitrogen and oxygen atoms in total.